The van der Waals surface area contributed by atoms with E-state index in [9.17, 15) is 5.11 Å². The number of aliphatic hydroxyl groups is 1. The predicted molar refractivity (Wildman–Crippen MR) is 80.9 cm³/mol. The number of aliphatic hydroxyl groups excluding tert-OH is 1. The molecular weight excluding hydrogens is 234 g/mol. The van der Waals surface area contributed by atoms with E-state index in [-0.39, 0.29) is 0 Å². The number of benzene rings is 2. The Kier molecular flexibility index (Phi) is 4.23. The molecule has 0 amide bonds. The molecule has 0 heterocycles. The minimum atomic E-state index is -0.413. The number of anilines is 2. The Morgan fingerprint density at radius 1 is 0.947 bits per heavy atom. The Morgan fingerprint density at radius 3 is 1.84 bits per heavy atom. The molecule has 100 valence electrons. The van der Waals surface area contributed by atoms with E-state index in [1.54, 1.807) is 6.92 Å². The highest BCUT2D eigenvalue weighted by Gasteiger charge is 2.07. The highest BCUT2D eigenvalue weighted by molar-refractivity contribution is 5.63. The van der Waals surface area contributed by atoms with Crippen LogP contribution in [0.15, 0.2) is 48.5 Å². The summed E-state index contributed by atoms with van der Waals surface area (Å²) in [5.74, 6) is 0. The topological polar surface area (TPSA) is 23.5 Å². The van der Waals surface area contributed by atoms with Crippen molar-refractivity contribution in [2.45, 2.75) is 26.9 Å². The molecular formula is C17H21NO. The lowest BCUT2D eigenvalue weighted by molar-refractivity contribution is 0.199. The second kappa shape index (κ2) is 5.89. The van der Waals surface area contributed by atoms with E-state index < -0.39 is 6.10 Å². The summed E-state index contributed by atoms with van der Waals surface area (Å²) in [6.45, 7) is 6.93. The van der Waals surface area contributed by atoms with Gasteiger partial charge in [-0.1, -0.05) is 29.8 Å². The van der Waals surface area contributed by atoms with Crippen molar-refractivity contribution in [1.82, 2.24) is 0 Å². The minimum Gasteiger partial charge on any atom is -0.389 e. The van der Waals surface area contributed by atoms with Crippen LogP contribution in [-0.4, -0.2) is 11.7 Å². The molecule has 19 heavy (non-hydrogen) atoms. The SMILES string of the molecule is CCN(c1ccc(C)cc1)c1ccc([C@H](C)O)cc1. The fourth-order valence-electron chi connectivity index (χ4n) is 2.17. The first kappa shape index (κ1) is 13.6. The van der Waals surface area contributed by atoms with E-state index in [1.165, 1.54) is 11.3 Å². The maximum absolute atomic E-state index is 9.54. The lowest BCUT2D eigenvalue weighted by Gasteiger charge is -2.24. The van der Waals surface area contributed by atoms with Crippen molar-refractivity contribution in [3.63, 3.8) is 0 Å². The van der Waals surface area contributed by atoms with Gasteiger partial charge in [0.05, 0.1) is 6.10 Å². The first-order valence-corrected chi connectivity index (χ1v) is 6.74. The maximum Gasteiger partial charge on any atom is 0.0761 e. The number of hydrogen-bond acceptors (Lipinski definition) is 2. The summed E-state index contributed by atoms with van der Waals surface area (Å²) in [6.07, 6.45) is -0.413. The lowest BCUT2D eigenvalue weighted by Crippen LogP contribution is -2.15. The van der Waals surface area contributed by atoms with Crippen LogP contribution >= 0.6 is 0 Å². The lowest BCUT2D eigenvalue weighted by atomic mass is 10.1. The van der Waals surface area contributed by atoms with E-state index in [2.05, 4.69) is 55.1 Å². The van der Waals surface area contributed by atoms with E-state index in [4.69, 9.17) is 0 Å². The molecule has 0 aliphatic rings. The van der Waals surface area contributed by atoms with Crippen LogP contribution in [0.5, 0.6) is 0 Å². The quantitative estimate of drug-likeness (QED) is 0.884. The molecule has 0 aliphatic heterocycles. The molecule has 0 spiro atoms. The smallest absolute Gasteiger partial charge is 0.0761 e. The van der Waals surface area contributed by atoms with Gasteiger partial charge in [-0.3, -0.25) is 0 Å². The van der Waals surface area contributed by atoms with Gasteiger partial charge in [-0.15, -0.1) is 0 Å². The summed E-state index contributed by atoms with van der Waals surface area (Å²) in [5.41, 5.74) is 4.56. The molecule has 0 radical (unpaired) electrons. The third-order valence-corrected chi connectivity index (χ3v) is 3.35. The first-order valence-electron chi connectivity index (χ1n) is 6.74. The summed E-state index contributed by atoms with van der Waals surface area (Å²) in [7, 11) is 0. The van der Waals surface area contributed by atoms with E-state index in [0.29, 0.717) is 0 Å². The number of rotatable bonds is 4. The average molecular weight is 255 g/mol. The van der Waals surface area contributed by atoms with Crippen molar-refractivity contribution in [3.05, 3.63) is 59.7 Å². The molecule has 2 heteroatoms. The van der Waals surface area contributed by atoms with Gasteiger partial charge >= 0.3 is 0 Å². The molecule has 0 aromatic heterocycles. The first-order chi connectivity index (χ1) is 9.11. The second-order valence-electron chi connectivity index (χ2n) is 4.85. The van der Waals surface area contributed by atoms with Crippen molar-refractivity contribution < 1.29 is 5.11 Å². The summed E-state index contributed by atoms with van der Waals surface area (Å²) >= 11 is 0. The Labute approximate surface area is 115 Å². The predicted octanol–water partition coefficient (Wildman–Crippen LogP) is 4.21. The second-order valence-corrected chi connectivity index (χ2v) is 4.85. The normalized spacial score (nSPS) is 12.2. The van der Waals surface area contributed by atoms with Gasteiger partial charge in [-0.25, -0.2) is 0 Å². The van der Waals surface area contributed by atoms with Crippen LogP contribution in [-0.2, 0) is 0 Å². The van der Waals surface area contributed by atoms with Crippen LogP contribution in [0.1, 0.15) is 31.1 Å². The van der Waals surface area contributed by atoms with Gasteiger partial charge in [0, 0.05) is 17.9 Å². The number of aryl methyl sites for hydroxylation is 1. The van der Waals surface area contributed by atoms with Crippen LogP contribution in [0, 0.1) is 6.92 Å². The monoisotopic (exact) mass is 255 g/mol. The molecule has 0 unspecified atom stereocenters. The summed E-state index contributed by atoms with van der Waals surface area (Å²) in [5, 5.41) is 9.54. The van der Waals surface area contributed by atoms with Crippen molar-refractivity contribution in [3.8, 4) is 0 Å². The summed E-state index contributed by atoms with van der Waals surface area (Å²) < 4.78 is 0. The fraction of sp³-hybridized carbons (Fsp3) is 0.294. The average Bonchev–Trinajstić information content (AvgIpc) is 2.42. The van der Waals surface area contributed by atoms with Crippen LogP contribution in [0.4, 0.5) is 11.4 Å². The van der Waals surface area contributed by atoms with Crippen molar-refractivity contribution >= 4 is 11.4 Å². The zero-order chi connectivity index (χ0) is 13.8. The zero-order valence-corrected chi connectivity index (χ0v) is 11.8. The van der Waals surface area contributed by atoms with Crippen LogP contribution in [0.2, 0.25) is 0 Å². The van der Waals surface area contributed by atoms with Gasteiger partial charge in [-0.2, -0.15) is 0 Å². The molecule has 2 nitrogen and oxygen atoms in total. The standard InChI is InChI=1S/C17H21NO/c1-4-18(16-9-5-13(2)6-10-16)17-11-7-15(8-12-17)14(3)19/h5-12,14,19H,4H2,1-3H3/t14-/m0/s1. The molecule has 2 aromatic rings. The van der Waals surface area contributed by atoms with E-state index in [0.717, 1.165) is 17.8 Å². The minimum absolute atomic E-state index is 0.413. The molecule has 2 rings (SSSR count). The van der Waals surface area contributed by atoms with Gasteiger partial charge in [0.15, 0.2) is 0 Å². The molecule has 0 fully saturated rings. The van der Waals surface area contributed by atoms with Crippen molar-refractivity contribution in [1.29, 1.82) is 0 Å². The van der Waals surface area contributed by atoms with E-state index in [1.807, 2.05) is 12.1 Å². The van der Waals surface area contributed by atoms with Gasteiger partial charge in [0.25, 0.3) is 0 Å². The third-order valence-electron chi connectivity index (χ3n) is 3.35. The van der Waals surface area contributed by atoms with E-state index >= 15 is 0 Å². The number of hydrogen-bond donors (Lipinski definition) is 1. The summed E-state index contributed by atoms with van der Waals surface area (Å²) in [6, 6.07) is 16.6. The van der Waals surface area contributed by atoms with Gasteiger partial charge in [0.1, 0.15) is 0 Å². The Morgan fingerprint density at radius 2 is 1.42 bits per heavy atom. The van der Waals surface area contributed by atoms with Crippen molar-refractivity contribution in [2.75, 3.05) is 11.4 Å². The Hall–Kier alpha value is -1.80. The maximum atomic E-state index is 9.54. The molecule has 2 aromatic carbocycles. The van der Waals surface area contributed by atoms with Gasteiger partial charge in [0.2, 0.25) is 0 Å². The molecule has 0 aliphatic carbocycles. The molecule has 1 atom stereocenters. The molecule has 0 bridgehead atoms. The molecule has 1 N–H and O–H groups in total. The Bertz CT molecular complexity index is 514. The van der Waals surface area contributed by atoms with Crippen LogP contribution in [0.3, 0.4) is 0 Å². The highest BCUT2D eigenvalue weighted by Crippen LogP contribution is 2.26. The highest BCUT2D eigenvalue weighted by atomic mass is 16.3. The van der Waals surface area contributed by atoms with Crippen LogP contribution in [0.25, 0.3) is 0 Å². The largest absolute Gasteiger partial charge is 0.389 e. The Balaban J connectivity index is 2.28. The molecule has 0 saturated heterocycles. The fourth-order valence-corrected chi connectivity index (χ4v) is 2.17. The number of nitrogens with zero attached hydrogens (tertiary/aromatic N) is 1. The third kappa shape index (κ3) is 3.15. The van der Waals surface area contributed by atoms with Crippen molar-refractivity contribution in [2.24, 2.45) is 0 Å². The van der Waals surface area contributed by atoms with Gasteiger partial charge < -0.3 is 10.0 Å². The molecule has 0 saturated carbocycles. The summed E-state index contributed by atoms with van der Waals surface area (Å²) in [4.78, 5) is 2.26. The zero-order valence-electron chi connectivity index (χ0n) is 11.8. The van der Waals surface area contributed by atoms with Gasteiger partial charge in [-0.05, 0) is 50.6 Å². The van der Waals surface area contributed by atoms with Crippen LogP contribution < -0.4 is 4.90 Å².